The zero-order valence-electron chi connectivity index (χ0n) is 11.2. The summed E-state index contributed by atoms with van der Waals surface area (Å²) in [6.07, 6.45) is -0.675. The van der Waals surface area contributed by atoms with Crippen molar-refractivity contribution in [1.82, 2.24) is 5.32 Å². The van der Waals surface area contributed by atoms with Gasteiger partial charge in [0.15, 0.2) is 0 Å². The van der Waals surface area contributed by atoms with Crippen molar-refractivity contribution in [2.45, 2.75) is 19.3 Å². The Morgan fingerprint density at radius 1 is 1.26 bits per heavy atom. The second-order valence-corrected chi connectivity index (χ2v) is 6.37. The Labute approximate surface area is 112 Å². The number of carbonyl (C=O) groups is 1. The minimum Gasteiger partial charge on any atom is -0.445 e. The molecule has 1 amide bonds. The van der Waals surface area contributed by atoms with Crippen molar-refractivity contribution in [2.75, 3.05) is 14.2 Å². The van der Waals surface area contributed by atoms with Crippen LogP contribution < -0.4 is 5.32 Å². The summed E-state index contributed by atoms with van der Waals surface area (Å²) in [5.74, 6) is -0.786. The highest BCUT2D eigenvalue weighted by Gasteiger charge is 2.31. The van der Waals surface area contributed by atoms with Crippen LogP contribution in [0.2, 0.25) is 0 Å². The number of amides is 1. The SMILES string of the molecule is COP(=O)(OC)C(C)NC(=O)OCc1ccccc1. The highest BCUT2D eigenvalue weighted by molar-refractivity contribution is 7.54. The van der Waals surface area contributed by atoms with Crippen LogP contribution in [0.5, 0.6) is 0 Å². The van der Waals surface area contributed by atoms with Crippen LogP contribution in [0.15, 0.2) is 30.3 Å². The summed E-state index contributed by atoms with van der Waals surface area (Å²) in [5.41, 5.74) is 0.868. The van der Waals surface area contributed by atoms with Crippen LogP contribution in [0.4, 0.5) is 4.79 Å². The molecule has 0 aliphatic carbocycles. The van der Waals surface area contributed by atoms with E-state index in [2.05, 4.69) is 5.32 Å². The van der Waals surface area contributed by atoms with Gasteiger partial charge in [-0.15, -0.1) is 0 Å². The number of alkyl carbamates (subject to hydrolysis) is 1. The van der Waals surface area contributed by atoms with E-state index in [9.17, 15) is 9.36 Å². The summed E-state index contributed by atoms with van der Waals surface area (Å²) < 4.78 is 26.5. The molecule has 1 aromatic carbocycles. The molecule has 0 radical (unpaired) electrons. The van der Waals surface area contributed by atoms with Crippen LogP contribution in [-0.4, -0.2) is 26.1 Å². The number of carbonyl (C=O) groups excluding carboxylic acids is 1. The van der Waals surface area contributed by atoms with Gasteiger partial charge in [-0.1, -0.05) is 30.3 Å². The molecule has 1 aromatic rings. The van der Waals surface area contributed by atoms with E-state index in [0.29, 0.717) is 0 Å². The first-order valence-electron chi connectivity index (χ1n) is 5.70. The Morgan fingerprint density at radius 2 is 1.84 bits per heavy atom. The molecule has 6 nitrogen and oxygen atoms in total. The summed E-state index contributed by atoms with van der Waals surface area (Å²) >= 11 is 0. The molecule has 7 heteroatoms. The smallest absolute Gasteiger partial charge is 0.408 e. The van der Waals surface area contributed by atoms with Crippen molar-refractivity contribution < 1.29 is 23.1 Å². The standard InChI is InChI=1S/C12H18NO5P/c1-10(19(15,16-2)17-3)13-12(14)18-9-11-7-5-4-6-8-11/h4-8,10H,9H2,1-3H3,(H,13,14). The zero-order valence-corrected chi connectivity index (χ0v) is 12.1. The van der Waals surface area contributed by atoms with E-state index in [1.54, 1.807) is 0 Å². The number of ether oxygens (including phenoxy) is 1. The monoisotopic (exact) mass is 287 g/mol. The highest BCUT2D eigenvalue weighted by atomic mass is 31.2. The quantitative estimate of drug-likeness (QED) is 0.814. The minimum atomic E-state index is -3.33. The molecule has 1 rings (SSSR count). The van der Waals surface area contributed by atoms with Crippen molar-refractivity contribution in [1.29, 1.82) is 0 Å². The molecular formula is C12H18NO5P. The minimum absolute atomic E-state index is 0.143. The van der Waals surface area contributed by atoms with Gasteiger partial charge >= 0.3 is 13.7 Å². The van der Waals surface area contributed by atoms with E-state index in [-0.39, 0.29) is 6.61 Å². The van der Waals surface area contributed by atoms with Crippen molar-refractivity contribution in [3.05, 3.63) is 35.9 Å². The molecule has 0 spiro atoms. The predicted molar refractivity (Wildman–Crippen MR) is 70.8 cm³/mol. The lowest BCUT2D eigenvalue weighted by molar-refractivity contribution is 0.137. The van der Waals surface area contributed by atoms with E-state index < -0.39 is 19.5 Å². The van der Waals surface area contributed by atoms with E-state index in [1.807, 2.05) is 30.3 Å². The molecule has 1 unspecified atom stereocenters. The van der Waals surface area contributed by atoms with Crippen LogP contribution in [-0.2, 0) is 25.0 Å². The van der Waals surface area contributed by atoms with Crippen molar-refractivity contribution in [3.8, 4) is 0 Å². The van der Waals surface area contributed by atoms with E-state index in [1.165, 1.54) is 21.1 Å². The Balaban J connectivity index is 2.45. The van der Waals surface area contributed by atoms with Gasteiger partial charge in [0.1, 0.15) is 12.4 Å². The van der Waals surface area contributed by atoms with Gasteiger partial charge in [-0.25, -0.2) is 4.79 Å². The first kappa shape index (κ1) is 15.7. The molecule has 1 atom stereocenters. The van der Waals surface area contributed by atoms with Gasteiger partial charge in [-0.3, -0.25) is 4.57 Å². The van der Waals surface area contributed by atoms with Crippen molar-refractivity contribution in [2.24, 2.45) is 0 Å². The Kier molecular flexibility index (Phi) is 6.02. The molecule has 1 N–H and O–H groups in total. The van der Waals surface area contributed by atoms with Gasteiger partial charge < -0.3 is 19.1 Å². The van der Waals surface area contributed by atoms with Gasteiger partial charge in [-0.2, -0.15) is 0 Å². The third-order valence-electron chi connectivity index (χ3n) is 2.52. The molecule has 19 heavy (non-hydrogen) atoms. The normalized spacial score (nSPS) is 12.8. The largest absolute Gasteiger partial charge is 0.445 e. The number of hydrogen-bond acceptors (Lipinski definition) is 5. The summed E-state index contributed by atoms with van der Waals surface area (Å²) in [6.45, 7) is 1.67. The first-order valence-corrected chi connectivity index (χ1v) is 7.31. The lowest BCUT2D eigenvalue weighted by Crippen LogP contribution is -2.33. The predicted octanol–water partition coefficient (Wildman–Crippen LogP) is 2.74. The summed E-state index contributed by atoms with van der Waals surface area (Å²) in [7, 11) is -0.810. The molecule has 0 saturated heterocycles. The average Bonchev–Trinajstić information content (AvgIpc) is 2.45. The second kappa shape index (κ2) is 7.28. The summed E-state index contributed by atoms with van der Waals surface area (Å²) in [5, 5.41) is 2.42. The van der Waals surface area contributed by atoms with Crippen LogP contribution in [0.1, 0.15) is 12.5 Å². The Morgan fingerprint density at radius 3 is 2.37 bits per heavy atom. The van der Waals surface area contributed by atoms with Gasteiger partial charge in [0, 0.05) is 14.2 Å². The summed E-state index contributed by atoms with van der Waals surface area (Å²) in [4.78, 5) is 11.5. The van der Waals surface area contributed by atoms with E-state index in [4.69, 9.17) is 13.8 Å². The molecular weight excluding hydrogens is 269 g/mol. The lowest BCUT2D eigenvalue weighted by Gasteiger charge is -2.21. The van der Waals surface area contributed by atoms with Gasteiger partial charge in [-0.05, 0) is 12.5 Å². The molecule has 0 aromatic heterocycles. The molecule has 106 valence electrons. The van der Waals surface area contributed by atoms with Gasteiger partial charge in [0.25, 0.3) is 0 Å². The third-order valence-corrected chi connectivity index (χ3v) is 4.62. The Bertz CT molecular complexity index is 443. The zero-order chi connectivity index (χ0) is 14.3. The fourth-order valence-corrected chi connectivity index (χ4v) is 2.45. The molecule has 0 bridgehead atoms. The number of rotatable bonds is 6. The fourth-order valence-electron chi connectivity index (χ4n) is 1.41. The average molecular weight is 287 g/mol. The maximum absolute atomic E-state index is 11.9. The number of benzene rings is 1. The topological polar surface area (TPSA) is 73.9 Å². The van der Waals surface area contributed by atoms with E-state index >= 15 is 0 Å². The van der Waals surface area contributed by atoms with Crippen LogP contribution in [0.3, 0.4) is 0 Å². The van der Waals surface area contributed by atoms with E-state index in [0.717, 1.165) is 5.56 Å². The van der Waals surface area contributed by atoms with Crippen LogP contribution in [0, 0.1) is 0 Å². The molecule has 0 fully saturated rings. The lowest BCUT2D eigenvalue weighted by atomic mass is 10.2. The maximum atomic E-state index is 11.9. The number of nitrogens with one attached hydrogen (secondary N) is 1. The molecule has 0 heterocycles. The van der Waals surface area contributed by atoms with Crippen LogP contribution in [0.25, 0.3) is 0 Å². The third kappa shape index (κ3) is 4.67. The maximum Gasteiger partial charge on any atom is 0.408 e. The van der Waals surface area contributed by atoms with Gasteiger partial charge in [0.2, 0.25) is 0 Å². The Hall–Kier alpha value is -1.36. The molecule has 0 aliphatic heterocycles. The van der Waals surface area contributed by atoms with Crippen molar-refractivity contribution in [3.63, 3.8) is 0 Å². The van der Waals surface area contributed by atoms with Gasteiger partial charge in [0.05, 0.1) is 0 Å². The molecule has 0 saturated carbocycles. The first-order chi connectivity index (χ1) is 9.01. The fraction of sp³-hybridized carbons (Fsp3) is 0.417. The number of hydrogen-bond donors (Lipinski definition) is 1. The van der Waals surface area contributed by atoms with Crippen molar-refractivity contribution >= 4 is 13.7 Å². The highest BCUT2D eigenvalue weighted by Crippen LogP contribution is 2.50. The second-order valence-electron chi connectivity index (χ2n) is 3.79. The van der Waals surface area contributed by atoms with Crippen LogP contribution >= 0.6 is 7.60 Å². The summed E-state index contributed by atoms with van der Waals surface area (Å²) in [6, 6.07) is 9.25. The molecule has 0 aliphatic rings.